The van der Waals surface area contributed by atoms with E-state index < -0.39 is 0 Å². The van der Waals surface area contributed by atoms with E-state index in [4.69, 9.17) is 5.73 Å². The van der Waals surface area contributed by atoms with Gasteiger partial charge in [0.1, 0.15) is 0 Å². The number of rotatable bonds is 7. The van der Waals surface area contributed by atoms with Crippen molar-refractivity contribution in [2.75, 3.05) is 0 Å². The van der Waals surface area contributed by atoms with Gasteiger partial charge in [-0.15, -0.1) is 11.3 Å². The van der Waals surface area contributed by atoms with Gasteiger partial charge < -0.3 is 5.73 Å². The molecule has 1 aromatic rings. The Hall–Kier alpha value is -0.410. The lowest BCUT2D eigenvalue weighted by atomic mass is 10.1. The van der Waals surface area contributed by atoms with E-state index in [2.05, 4.69) is 17.3 Å². The van der Waals surface area contributed by atoms with Gasteiger partial charge in [0.25, 0.3) is 0 Å². The molecule has 0 aromatic carbocycles. The van der Waals surface area contributed by atoms with Crippen molar-refractivity contribution in [1.82, 2.24) is 4.98 Å². The lowest BCUT2D eigenvalue weighted by Crippen LogP contribution is -2.10. The SMILES string of the molecule is CCCCCCCC(N)c1cscn1. The van der Waals surface area contributed by atoms with Crippen molar-refractivity contribution in [2.24, 2.45) is 5.73 Å². The zero-order chi connectivity index (χ0) is 10.2. The van der Waals surface area contributed by atoms with Gasteiger partial charge in [-0.25, -0.2) is 4.98 Å². The molecule has 0 bridgehead atoms. The van der Waals surface area contributed by atoms with Crippen LogP contribution in [-0.4, -0.2) is 4.98 Å². The fraction of sp³-hybridized carbons (Fsp3) is 0.727. The second-order valence-electron chi connectivity index (χ2n) is 3.72. The van der Waals surface area contributed by atoms with Gasteiger partial charge in [0.05, 0.1) is 11.2 Å². The van der Waals surface area contributed by atoms with Crippen LogP contribution in [0.1, 0.15) is 57.2 Å². The van der Waals surface area contributed by atoms with E-state index in [0.29, 0.717) is 0 Å². The Kier molecular flexibility index (Phi) is 5.80. The maximum atomic E-state index is 6.00. The number of nitrogens with zero attached hydrogens (tertiary/aromatic N) is 1. The lowest BCUT2D eigenvalue weighted by Gasteiger charge is -2.07. The summed E-state index contributed by atoms with van der Waals surface area (Å²) in [6, 6.07) is 0.155. The van der Waals surface area contributed by atoms with Gasteiger partial charge in [-0.1, -0.05) is 39.0 Å². The van der Waals surface area contributed by atoms with E-state index in [-0.39, 0.29) is 6.04 Å². The quantitative estimate of drug-likeness (QED) is 0.702. The van der Waals surface area contributed by atoms with Crippen LogP contribution in [0.25, 0.3) is 0 Å². The van der Waals surface area contributed by atoms with Crippen molar-refractivity contribution < 1.29 is 0 Å². The molecule has 2 nitrogen and oxygen atoms in total. The molecule has 80 valence electrons. The van der Waals surface area contributed by atoms with Crippen LogP contribution in [0.4, 0.5) is 0 Å². The van der Waals surface area contributed by atoms with Crippen molar-refractivity contribution in [3.05, 3.63) is 16.6 Å². The first kappa shape index (κ1) is 11.7. The molecule has 0 saturated carbocycles. The van der Waals surface area contributed by atoms with E-state index in [1.807, 2.05) is 5.51 Å². The Morgan fingerprint density at radius 1 is 1.36 bits per heavy atom. The molecule has 1 heterocycles. The summed E-state index contributed by atoms with van der Waals surface area (Å²) in [5.74, 6) is 0. The van der Waals surface area contributed by atoms with Gasteiger partial charge in [-0.05, 0) is 6.42 Å². The number of unbranched alkanes of at least 4 members (excludes halogenated alkanes) is 4. The van der Waals surface area contributed by atoms with Crippen LogP contribution in [0.5, 0.6) is 0 Å². The Bertz CT molecular complexity index is 221. The zero-order valence-corrected chi connectivity index (χ0v) is 9.72. The third-order valence-electron chi connectivity index (χ3n) is 2.45. The molecule has 0 amide bonds. The maximum Gasteiger partial charge on any atom is 0.0795 e. The summed E-state index contributed by atoms with van der Waals surface area (Å²) in [7, 11) is 0. The molecule has 1 aromatic heterocycles. The largest absolute Gasteiger partial charge is 0.323 e. The van der Waals surface area contributed by atoms with Gasteiger partial charge in [0.15, 0.2) is 0 Å². The Labute approximate surface area is 90.6 Å². The van der Waals surface area contributed by atoms with Gasteiger partial charge in [0.2, 0.25) is 0 Å². The highest BCUT2D eigenvalue weighted by atomic mass is 32.1. The van der Waals surface area contributed by atoms with Crippen molar-refractivity contribution in [3.8, 4) is 0 Å². The van der Waals surface area contributed by atoms with Gasteiger partial charge in [0, 0.05) is 11.4 Å². The molecule has 0 aliphatic rings. The molecular weight excluding hydrogens is 192 g/mol. The van der Waals surface area contributed by atoms with E-state index in [9.17, 15) is 0 Å². The number of aromatic nitrogens is 1. The topological polar surface area (TPSA) is 38.9 Å². The number of nitrogens with two attached hydrogens (primary N) is 1. The summed E-state index contributed by atoms with van der Waals surface area (Å²) in [4.78, 5) is 4.22. The van der Waals surface area contributed by atoms with Crippen LogP contribution in [0, 0.1) is 0 Å². The first-order valence-corrected chi connectivity index (χ1v) is 6.42. The van der Waals surface area contributed by atoms with Gasteiger partial charge in [-0.3, -0.25) is 0 Å². The minimum absolute atomic E-state index is 0.155. The van der Waals surface area contributed by atoms with Gasteiger partial charge >= 0.3 is 0 Å². The average Bonchev–Trinajstić information content (AvgIpc) is 2.70. The summed E-state index contributed by atoms with van der Waals surface area (Å²) in [6.45, 7) is 2.24. The Morgan fingerprint density at radius 3 is 2.79 bits per heavy atom. The summed E-state index contributed by atoms with van der Waals surface area (Å²) in [5.41, 5.74) is 8.91. The highest BCUT2D eigenvalue weighted by molar-refractivity contribution is 7.07. The highest BCUT2D eigenvalue weighted by Crippen LogP contribution is 2.17. The van der Waals surface area contributed by atoms with Crippen LogP contribution in [0.2, 0.25) is 0 Å². The first-order valence-electron chi connectivity index (χ1n) is 5.48. The number of hydrogen-bond acceptors (Lipinski definition) is 3. The molecule has 1 unspecified atom stereocenters. The van der Waals surface area contributed by atoms with Crippen molar-refractivity contribution in [3.63, 3.8) is 0 Å². The highest BCUT2D eigenvalue weighted by Gasteiger charge is 2.06. The molecule has 1 atom stereocenters. The predicted octanol–water partition coefficient (Wildman–Crippen LogP) is 3.50. The fourth-order valence-corrected chi connectivity index (χ4v) is 2.14. The van der Waals surface area contributed by atoms with E-state index >= 15 is 0 Å². The fourth-order valence-electron chi connectivity index (χ4n) is 1.52. The molecule has 2 N–H and O–H groups in total. The minimum atomic E-state index is 0.155. The van der Waals surface area contributed by atoms with Gasteiger partial charge in [-0.2, -0.15) is 0 Å². The monoisotopic (exact) mass is 212 g/mol. The van der Waals surface area contributed by atoms with Crippen LogP contribution in [0.3, 0.4) is 0 Å². The molecule has 14 heavy (non-hydrogen) atoms. The van der Waals surface area contributed by atoms with E-state index in [1.54, 1.807) is 11.3 Å². The lowest BCUT2D eigenvalue weighted by molar-refractivity contribution is 0.549. The standard InChI is InChI=1S/C11H20N2S/c1-2-3-4-5-6-7-10(12)11-8-14-9-13-11/h8-10H,2-7,12H2,1H3. The second kappa shape index (κ2) is 6.96. The molecule has 3 heteroatoms. The molecular formula is C11H20N2S. The van der Waals surface area contributed by atoms with Crippen LogP contribution in [-0.2, 0) is 0 Å². The molecule has 1 rings (SSSR count). The molecule has 0 radical (unpaired) electrons. The van der Waals surface area contributed by atoms with Crippen LogP contribution >= 0.6 is 11.3 Å². The Balaban J connectivity index is 2.07. The summed E-state index contributed by atoms with van der Waals surface area (Å²) < 4.78 is 0. The van der Waals surface area contributed by atoms with Crippen molar-refractivity contribution in [2.45, 2.75) is 51.5 Å². The molecule has 0 aliphatic heterocycles. The van der Waals surface area contributed by atoms with Crippen molar-refractivity contribution in [1.29, 1.82) is 0 Å². The van der Waals surface area contributed by atoms with E-state index in [1.165, 1.54) is 32.1 Å². The third kappa shape index (κ3) is 4.20. The third-order valence-corrected chi connectivity index (χ3v) is 3.05. The second-order valence-corrected chi connectivity index (χ2v) is 4.44. The summed E-state index contributed by atoms with van der Waals surface area (Å²) in [5, 5.41) is 2.05. The predicted molar refractivity (Wildman–Crippen MR) is 62.4 cm³/mol. The molecule has 0 aliphatic carbocycles. The first-order chi connectivity index (χ1) is 6.84. The molecule has 0 fully saturated rings. The number of thiazole rings is 1. The molecule has 0 spiro atoms. The van der Waals surface area contributed by atoms with Crippen LogP contribution < -0.4 is 5.73 Å². The van der Waals surface area contributed by atoms with Crippen LogP contribution in [0.15, 0.2) is 10.9 Å². The summed E-state index contributed by atoms with van der Waals surface area (Å²) >= 11 is 1.62. The molecule has 0 saturated heterocycles. The smallest absolute Gasteiger partial charge is 0.0795 e. The Morgan fingerprint density at radius 2 is 2.14 bits per heavy atom. The minimum Gasteiger partial charge on any atom is -0.323 e. The maximum absolute atomic E-state index is 6.00. The summed E-state index contributed by atoms with van der Waals surface area (Å²) in [6.07, 6.45) is 7.63. The zero-order valence-electron chi connectivity index (χ0n) is 8.91. The normalized spacial score (nSPS) is 13.0. The van der Waals surface area contributed by atoms with E-state index in [0.717, 1.165) is 12.1 Å². The van der Waals surface area contributed by atoms with Crippen molar-refractivity contribution >= 4 is 11.3 Å². The average molecular weight is 212 g/mol. The number of hydrogen-bond donors (Lipinski definition) is 1.